The van der Waals surface area contributed by atoms with Crippen LogP contribution in [0.4, 0.5) is 5.95 Å². The normalized spacial score (nSPS) is 17.5. The van der Waals surface area contributed by atoms with E-state index in [-0.39, 0.29) is 5.56 Å². The van der Waals surface area contributed by atoms with Gasteiger partial charge >= 0.3 is 0 Å². The Morgan fingerprint density at radius 1 is 1.29 bits per heavy atom. The Hall–Kier alpha value is -1.36. The van der Waals surface area contributed by atoms with Crippen molar-refractivity contribution >= 4 is 5.95 Å². The predicted molar refractivity (Wildman–Crippen MR) is 68.7 cm³/mol. The SMILES string of the molecule is CCc1nc(N2CCN(C)CC2)[nH]c(=O)c1C. The number of hydrogen-bond acceptors (Lipinski definition) is 4. The van der Waals surface area contributed by atoms with E-state index in [0.29, 0.717) is 0 Å². The summed E-state index contributed by atoms with van der Waals surface area (Å²) in [6.45, 7) is 7.73. The van der Waals surface area contributed by atoms with Crippen LogP contribution in [0.1, 0.15) is 18.2 Å². The fraction of sp³-hybridized carbons (Fsp3) is 0.667. The van der Waals surface area contributed by atoms with Crippen LogP contribution in [-0.2, 0) is 6.42 Å². The lowest BCUT2D eigenvalue weighted by molar-refractivity contribution is 0.311. The minimum Gasteiger partial charge on any atom is -0.340 e. The largest absolute Gasteiger partial charge is 0.340 e. The lowest BCUT2D eigenvalue weighted by Crippen LogP contribution is -2.45. The summed E-state index contributed by atoms with van der Waals surface area (Å²) in [4.78, 5) is 23.7. The number of rotatable bonds is 2. The minimum atomic E-state index is -0.00854. The number of nitrogens with zero attached hydrogens (tertiary/aromatic N) is 3. The van der Waals surface area contributed by atoms with Crippen LogP contribution < -0.4 is 10.5 Å². The van der Waals surface area contributed by atoms with E-state index in [1.807, 2.05) is 13.8 Å². The Labute approximate surface area is 101 Å². The molecule has 1 aromatic rings. The highest BCUT2D eigenvalue weighted by atomic mass is 16.1. The van der Waals surface area contributed by atoms with Gasteiger partial charge in [0.2, 0.25) is 5.95 Å². The standard InChI is InChI=1S/C12H20N4O/c1-4-10-9(2)11(17)14-12(13-10)16-7-5-15(3)6-8-16/h4-8H2,1-3H3,(H,13,14,17). The summed E-state index contributed by atoms with van der Waals surface area (Å²) in [5, 5.41) is 0. The topological polar surface area (TPSA) is 52.2 Å². The number of nitrogens with one attached hydrogen (secondary N) is 1. The molecule has 0 bridgehead atoms. The van der Waals surface area contributed by atoms with Gasteiger partial charge in [-0.1, -0.05) is 6.92 Å². The van der Waals surface area contributed by atoms with E-state index >= 15 is 0 Å². The Morgan fingerprint density at radius 2 is 1.94 bits per heavy atom. The van der Waals surface area contributed by atoms with Crippen molar-refractivity contribution in [3.63, 3.8) is 0 Å². The van der Waals surface area contributed by atoms with Gasteiger partial charge in [0.1, 0.15) is 0 Å². The van der Waals surface area contributed by atoms with E-state index in [0.717, 1.165) is 49.8 Å². The number of aromatic nitrogens is 2. The van der Waals surface area contributed by atoms with Crippen LogP contribution in [0.3, 0.4) is 0 Å². The molecule has 0 unspecified atom stereocenters. The first-order valence-electron chi connectivity index (χ1n) is 6.15. The van der Waals surface area contributed by atoms with Crippen LogP contribution in [0, 0.1) is 6.92 Å². The summed E-state index contributed by atoms with van der Waals surface area (Å²) in [5.74, 6) is 0.727. The molecule has 0 saturated carbocycles. The van der Waals surface area contributed by atoms with Crippen molar-refractivity contribution in [2.45, 2.75) is 20.3 Å². The number of aromatic amines is 1. The maximum absolute atomic E-state index is 11.8. The highest BCUT2D eigenvalue weighted by molar-refractivity contribution is 5.33. The summed E-state index contributed by atoms with van der Waals surface area (Å²) in [5.41, 5.74) is 1.64. The summed E-state index contributed by atoms with van der Waals surface area (Å²) < 4.78 is 0. The predicted octanol–water partition coefficient (Wildman–Crippen LogP) is 0.393. The fourth-order valence-electron chi connectivity index (χ4n) is 2.08. The van der Waals surface area contributed by atoms with Crippen molar-refractivity contribution in [1.82, 2.24) is 14.9 Å². The van der Waals surface area contributed by atoms with Gasteiger partial charge in [0, 0.05) is 31.7 Å². The first-order chi connectivity index (χ1) is 8.11. The highest BCUT2D eigenvalue weighted by Crippen LogP contribution is 2.11. The summed E-state index contributed by atoms with van der Waals surface area (Å²) in [7, 11) is 2.11. The van der Waals surface area contributed by atoms with Crippen molar-refractivity contribution in [2.75, 3.05) is 38.1 Å². The minimum absolute atomic E-state index is 0.00854. The second kappa shape index (κ2) is 4.87. The molecule has 2 rings (SSSR count). The van der Waals surface area contributed by atoms with Gasteiger partial charge in [-0.25, -0.2) is 4.98 Å². The monoisotopic (exact) mass is 236 g/mol. The zero-order chi connectivity index (χ0) is 12.4. The molecule has 2 heterocycles. The fourth-order valence-corrected chi connectivity index (χ4v) is 2.08. The van der Waals surface area contributed by atoms with Gasteiger partial charge in [0.25, 0.3) is 5.56 Å². The second-order valence-corrected chi connectivity index (χ2v) is 4.61. The Kier molecular flexibility index (Phi) is 3.47. The molecule has 1 aromatic heterocycles. The molecule has 17 heavy (non-hydrogen) atoms. The van der Waals surface area contributed by atoms with Crippen molar-refractivity contribution in [1.29, 1.82) is 0 Å². The molecular weight excluding hydrogens is 216 g/mol. The van der Waals surface area contributed by atoms with Gasteiger partial charge in [0.15, 0.2) is 0 Å². The average molecular weight is 236 g/mol. The first kappa shape index (κ1) is 12.1. The van der Waals surface area contributed by atoms with Crippen molar-refractivity contribution in [3.05, 3.63) is 21.6 Å². The number of likely N-dealkylation sites (N-methyl/N-ethyl adjacent to an activating group) is 1. The first-order valence-corrected chi connectivity index (χ1v) is 6.15. The molecule has 0 aliphatic carbocycles. The van der Waals surface area contributed by atoms with Crippen molar-refractivity contribution < 1.29 is 0 Å². The molecule has 1 aliphatic heterocycles. The quantitative estimate of drug-likeness (QED) is 0.807. The Balaban J connectivity index is 2.27. The third kappa shape index (κ3) is 2.49. The van der Waals surface area contributed by atoms with E-state index in [4.69, 9.17) is 0 Å². The van der Waals surface area contributed by atoms with E-state index in [1.165, 1.54) is 0 Å². The van der Waals surface area contributed by atoms with E-state index in [2.05, 4.69) is 26.8 Å². The van der Waals surface area contributed by atoms with Gasteiger partial charge in [-0.3, -0.25) is 9.78 Å². The molecule has 1 N–H and O–H groups in total. The number of anilines is 1. The van der Waals surface area contributed by atoms with E-state index in [9.17, 15) is 4.79 Å². The number of hydrogen-bond donors (Lipinski definition) is 1. The second-order valence-electron chi connectivity index (χ2n) is 4.61. The van der Waals surface area contributed by atoms with Crippen LogP contribution >= 0.6 is 0 Å². The van der Waals surface area contributed by atoms with Gasteiger partial charge in [-0.05, 0) is 20.4 Å². The maximum atomic E-state index is 11.8. The Morgan fingerprint density at radius 3 is 2.53 bits per heavy atom. The lowest BCUT2D eigenvalue weighted by Gasteiger charge is -2.32. The molecule has 0 atom stereocenters. The molecule has 0 aromatic carbocycles. The van der Waals surface area contributed by atoms with Gasteiger partial charge in [0.05, 0.1) is 5.69 Å². The van der Waals surface area contributed by atoms with Crippen LogP contribution in [0.25, 0.3) is 0 Å². The number of piperazine rings is 1. The summed E-state index contributed by atoms with van der Waals surface area (Å²) in [6.07, 6.45) is 0.802. The molecule has 1 fully saturated rings. The van der Waals surface area contributed by atoms with Crippen molar-refractivity contribution in [2.24, 2.45) is 0 Å². The molecule has 5 heteroatoms. The van der Waals surface area contributed by atoms with Gasteiger partial charge in [-0.2, -0.15) is 0 Å². The van der Waals surface area contributed by atoms with Gasteiger partial charge < -0.3 is 9.80 Å². The summed E-state index contributed by atoms with van der Waals surface area (Å²) >= 11 is 0. The molecule has 1 saturated heterocycles. The maximum Gasteiger partial charge on any atom is 0.255 e. The highest BCUT2D eigenvalue weighted by Gasteiger charge is 2.17. The summed E-state index contributed by atoms with van der Waals surface area (Å²) in [6, 6.07) is 0. The van der Waals surface area contributed by atoms with E-state index < -0.39 is 0 Å². The zero-order valence-corrected chi connectivity index (χ0v) is 10.8. The molecule has 0 radical (unpaired) electrons. The molecule has 5 nitrogen and oxygen atoms in total. The average Bonchev–Trinajstić information content (AvgIpc) is 2.33. The number of aryl methyl sites for hydroxylation is 1. The third-order valence-electron chi connectivity index (χ3n) is 3.38. The lowest BCUT2D eigenvalue weighted by atomic mass is 10.2. The molecule has 94 valence electrons. The van der Waals surface area contributed by atoms with Crippen LogP contribution in [0.5, 0.6) is 0 Å². The smallest absolute Gasteiger partial charge is 0.255 e. The van der Waals surface area contributed by atoms with Crippen molar-refractivity contribution in [3.8, 4) is 0 Å². The molecule has 1 aliphatic rings. The van der Waals surface area contributed by atoms with Crippen LogP contribution in [0.15, 0.2) is 4.79 Å². The van der Waals surface area contributed by atoms with Crippen LogP contribution in [-0.4, -0.2) is 48.1 Å². The third-order valence-corrected chi connectivity index (χ3v) is 3.38. The van der Waals surface area contributed by atoms with Gasteiger partial charge in [-0.15, -0.1) is 0 Å². The van der Waals surface area contributed by atoms with E-state index in [1.54, 1.807) is 0 Å². The molecule has 0 amide bonds. The molecule has 0 spiro atoms. The number of H-pyrrole nitrogens is 1. The Bertz CT molecular complexity index is 446. The van der Waals surface area contributed by atoms with Crippen LogP contribution in [0.2, 0.25) is 0 Å². The zero-order valence-electron chi connectivity index (χ0n) is 10.8. The molecular formula is C12H20N4O.